The Hall–Kier alpha value is -2.46. The van der Waals surface area contributed by atoms with Crippen molar-refractivity contribution in [3.05, 3.63) is 95.6 Å². The fourth-order valence-electron chi connectivity index (χ4n) is 5.69. The topological polar surface area (TPSA) is 44.3 Å². The largest absolute Gasteiger partial charge is 0.390 e. The summed E-state index contributed by atoms with van der Waals surface area (Å²) in [6.45, 7) is 1.64. The molecule has 0 bridgehead atoms. The molecule has 0 radical (unpaired) electrons. The monoisotopic (exact) mass is 440 g/mol. The Morgan fingerprint density at radius 3 is 2.03 bits per heavy atom. The second-order valence-electron chi connectivity index (χ2n) is 9.80. The molecule has 172 valence electrons. The normalized spacial score (nSPS) is 18.0. The van der Waals surface area contributed by atoms with Gasteiger partial charge in [-0.15, -0.1) is 0 Å². The summed E-state index contributed by atoms with van der Waals surface area (Å²) in [7, 11) is 0. The Bertz CT molecular complexity index is 983. The van der Waals surface area contributed by atoms with Gasteiger partial charge in [0.2, 0.25) is 0 Å². The van der Waals surface area contributed by atoms with E-state index < -0.39 is 6.10 Å². The molecule has 1 saturated carbocycles. The molecule has 0 heterocycles. The van der Waals surface area contributed by atoms with Crippen LogP contribution in [0.15, 0.2) is 78.9 Å². The van der Waals surface area contributed by atoms with Crippen LogP contribution in [0, 0.1) is 5.92 Å². The Balaban J connectivity index is 1.33. The molecule has 0 aliphatic heterocycles. The maximum absolute atomic E-state index is 11.3. The van der Waals surface area contributed by atoms with E-state index in [0.29, 0.717) is 6.54 Å². The van der Waals surface area contributed by atoms with Gasteiger partial charge >= 0.3 is 0 Å². The van der Waals surface area contributed by atoms with E-state index >= 15 is 0 Å². The fraction of sp³-hybridized carbons (Fsp3) is 0.400. The molecule has 3 aromatic carbocycles. The summed E-state index contributed by atoms with van der Waals surface area (Å²) in [5.41, 5.74) is 6.46. The SMILES string of the molecule is O[C@@H](CNCC1CCCCC1)[C@H](Cc1ccccc1)NC1c2ccccc2-c2ccccc21. The van der Waals surface area contributed by atoms with Crippen molar-refractivity contribution in [2.45, 2.75) is 56.7 Å². The van der Waals surface area contributed by atoms with Gasteiger partial charge in [-0.25, -0.2) is 0 Å². The van der Waals surface area contributed by atoms with Crippen molar-refractivity contribution in [3.63, 3.8) is 0 Å². The zero-order valence-corrected chi connectivity index (χ0v) is 19.4. The molecular formula is C30H36N2O. The summed E-state index contributed by atoms with van der Waals surface area (Å²) in [4.78, 5) is 0. The lowest BCUT2D eigenvalue weighted by Gasteiger charge is -2.30. The van der Waals surface area contributed by atoms with Gasteiger partial charge in [-0.2, -0.15) is 0 Å². The minimum absolute atomic E-state index is 0.0459. The summed E-state index contributed by atoms with van der Waals surface area (Å²) in [6, 6.07) is 27.9. The predicted octanol–water partition coefficient (Wildman–Crippen LogP) is 5.49. The summed E-state index contributed by atoms with van der Waals surface area (Å²) in [5.74, 6) is 0.764. The molecule has 0 aromatic heterocycles. The molecule has 5 rings (SSSR count). The van der Waals surface area contributed by atoms with Crippen molar-refractivity contribution in [2.75, 3.05) is 13.1 Å². The number of aliphatic hydroxyl groups excluding tert-OH is 1. The van der Waals surface area contributed by atoms with Crippen LogP contribution in [-0.2, 0) is 6.42 Å². The number of nitrogens with one attached hydrogen (secondary N) is 2. The lowest BCUT2D eigenvalue weighted by molar-refractivity contribution is 0.119. The minimum Gasteiger partial charge on any atom is -0.390 e. The first-order chi connectivity index (χ1) is 16.3. The maximum atomic E-state index is 11.3. The summed E-state index contributed by atoms with van der Waals surface area (Å²) in [5, 5.41) is 18.8. The van der Waals surface area contributed by atoms with Crippen LogP contribution < -0.4 is 10.6 Å². The first-order valence-corrected chi connectivity index (χ1v) is 12.7. The average molecular weight is 441 g/mol. The van der Waals surface area contributed by atoms with Gasteiger partial charge in [0.25, 0.3) is 0 Å². The molecule has 0 saturated heterocycles. The van der Waals surface area contributed by atoms with Crippen LogP contribution in [0.3, 0.4) is 0 Å². The second kappa shape index (κ2) is 10.6. The van der Waals surface area contributed by atoms with E-state index in [4.69, 9.17) is 0 Å². The Morgan fingerprint density at radius 1 is 0.758 bits per heavy atom. The van der Waals surface area contributed by atoms with Crippen molar-refractivity contribution in [1.29, 1.82) is 0 Å². The van der Waals surface area contributed by atoms with Gasteiger partial charge in [-0.05, 0) is 59.5 Å². The van der Waals surface area contributed by atoms with E-state index in [0.717, 1.165) is 18.9 Å². The maximum Gasteiger partial charge on any atom is 0.0820 e. The van der Waals surface area contributed by atoms with Crippen molar-refractivity contribution in [1.82, 2.24) is 10.6 Å². The highest BCUT2D eigenvalue weighted by atomic mass is 16.3. The zero-order valence-electron chi connectivity index (χ0n) is 19.4. The predicted molar refractivity (Wildman–Crippen MR) is 136 cm³/mol. The van der Waals surface area contributed by atoms with Gasteiger partial charge < -0.3 is 15.7 Å². The molecule has 0 amide bonds. The zero-order chi connectivity index (χ0) is 22.5. The van der Waals surface area contributed by atoms with Gasteiger partial charge in [0.1, 0.15) is 0 Å². The lowest BCUT2D eigenvalue weighted by atomic mass is 9.89. The molecule has 0 unspecified atom stereocenters. The highest BCUT2D eigenvalue weighted by molar-refractivity contribution is 5.78. The van der Waals surface area contributed by atoms with E-state index in [1.807, 2.05) is 0 Å². The van der Waals surface area contributed by atoms with E-state index in [9.17, 15) is 5.11 Å². The molecule has 3 N–H and O–H groups in total. The molecule has 3 aromatic rings. The molecule has 33 heavy (non-hydrogen) atoms. The smallest absolute Gasteiger partial charge is 0.0820 e. The minimum atomic E-state index is -0.464. The Labute approximate surface area is 198 Å². The van der Waals surface area contributed by atoms with Crippen LogP contribution in [0.2, 0.25) is 0 Å². The van der Waals surface area contributed by atoms with Crippen LogP contribution in [0.5, 0.6) is 0 Å². The Kier molecular flexibility index (Phi) is 7.21. The van der Waals surface area contributed by atoms with Crippen LogP contribution in [0.4, 0.5) is 0 Å². The van der Waals surface area contributed by atoms with E-state index in [-0.39, 0.29) is 12.1 Å². The number of fused-ring (bicyclic) bond motifs is 3. The standard InChI is InChI=1S/C30H36N2O/c33-29(21-31-20-23-13-5-2-6-14-23)28(19-22-11-3-1-4-12-22)32-30-26-17-9-7-15-24(26)25-16-8-10-18-27(25)30/h1,3-4,7-12,15-18,23,28-33H,2,5-6,13-14,19-21H2/t28-,29-/m0/s1. The van der Waals surface area contributed by atoms with Crippen LogP contribution >= 0.6 is 0 Å². The third-order valence-corrected chi connectivity index (χ3v) is 7.49. The van der Waals surface area contributed by atoms with Crippen molar-refractivity contribution in [2.24, 2.45) is 5.92 Å². The number of hydrogen-bond acceptors (Lipinski definition) is 3. The quantitative estimate of drug-likeness (QED) is 0.412. The van der Waals surface area contributed by atoms with Crippen molar-refractivity contribution < 1.29 is 5.11 Å². The molecular weight excluding hydrogens is 404 g/mol. The summed E-state index contributed by atoms with van der Waals surface area (Å²) < 4.78 is 0. The van der Waals surface area contributed by atoms with Crippen LogP contribution in [0.1, 0.15) is 54.8 Å². The van der Waals surface area contributed by atoms with E-state index in [1.165, 1.54) is 59.9 Å². The molecule has 1 fully saturated rings. The summed E-state index contributed by atoms with van der Waals surface area (Å²) >= 11 is 0. The lowest BCUT2D eigenvalue weighted by Crippen LogP contribution is -2.48. The molecule has 2 aliphatic carbocycles. The first kappa shape index (κ1) is 22.3. The fourth-order valence-corrected chi connectivity index (χ4v) is 5.69. The van der Waals surface area contributed by atoms with Gasteiger partial charge in [0.15, 0.2) is 0 Å². The number of aliphatic hydroxyl groups is 1. The number of hydrogen-bond donors (Lipinski definition) is 3. The molecule has 3 nitrogen and oxygen atoms in total. The van der Waals surface area contributed by atoms with Crippen LogP contribution in [0.25, 0.3) is 11.1 Å². The van der Waals surface area contributed by atoms with Gasteiger partial charge in [0.05, 0.1) is 12.1 Å². The molecule has 2 atom stereocenters. The van der Waals surface area contributed by atoms with Crippen LogP contribution in [-0.4, -0.2) is 30.3 Å². The van der Waals surface area contributed by atoms with Gasteiger partial charge in [-0.1, -0.05) is 98.1 Å². The molecule has 0 spiro atoms. The number of rotatable bonds is 9. The number of benzene rings is 3. The summed E-state index contributed by atoms with van der Waals surface area (Å²) in [6.07, 6.45) is 7.07. The van der Waals surface area contributed by atoms with Gasteiger partial charge in [-0.3, -0.25) is 0 Å². The highest BCUT2D eigenvalue weighted by Crippen LogP contribution is 2.43. The Morgan fingerprint density at radius 2 is 1.36 bits per heavy atom. The second-order valence-corrected chi connectivity index (χ2v) is 9.80. The van der Waals surface area contributed by atoms with E-state index in [1.54, 1.807) is 0 Å². The van der Waals surface area contributed by atoms with Gasteiger partial charge in [0, 0.05) is 12.6 Å². The van der Waals surface area contributed by atoms with E-state index in [2.05, 4.69) is 89.5 Å². The first-order valence-electron chi connectivity index (χ1n) is 12.7. The average Bonchev–Trinajstić information content (AvgIpc) is 3.18. The third kappa shape index (κ3) is 5.22. The van der Waals surface area contributed by atoms with Crippen molar-refractivity contribution in [3.8, 4) is 11.1 Å². The molecule has 2 aliphatic rings. The van der Waals surface area contributed by atoms with Crippen molar-refractivity contribution >= 4 is 0 Å². The third-order valence-electron chi connectivity index (χ3n) is 7.49. The molecule has 3 heteroatoms. The highest BCUT2D eigenvalue weighted by Gasteiger charge is 2.31.